The van der Waals surface area contributed by atoms with Crippen LogP contribution in [-0.2, 0) is 0 Å². The normalized spacial score (nSPS) is 11.9. The molecule has 1 heterocycles. The Hall–Kier alpha value is -1.71. The molecule has 0 atom stereocenters. The van der Waals surface area contributed by atoms with Crippen molar-refractivity contribution in [1.29, 1.82) is 0 Å². The van der Waals surface area contributed by atoms with Gasteiger partial charge in [-0.25, -0.2) is 0 Å². The second-order valence-electron chi connectivity index (χ2n) is 4.74. The molecular formula is C11H16N4. The van der Waals surface area contributed by atoms with Gasteiger partial charge in [-0.05, 0) is 39.0 Å². The van der Waals surface area contributed by atoms with Crippen LogP contribution in [0.2, 0.25) is 0 Å². The minimum absolute atomic E-state index is 0.0478. The van der Waals surface area contributed by atoms with Crippen LogP contribution in [0.25, 0.3) is 10.9 Å². The molecule has 0 aliphatic heterocycles. The van der Waals surface area contributed by atoms with E-state index >= 15 is 0 Å². The summed E-state index contributed by atoms with van der Waals surface area (Å²) in [5.41, 5.74) is 7.81. The summed E-state index contributed by atoms with van der Waals surface area (Å²) in [4.78, 5) is 0. The topological polar surface area (TPSA) is 66.7 Å². The highest BCUT2D eigenvalue weighted by atomic mass is 15.1. The molecule has 0 saturated carbocycles. The van der Waals surface area contributed by atoms with Gasteiger partial charge in [-0.1, -0.05) is 0 Å². The molecule has 4 N–H and O–H groups in total. The van der Waals surface area contributed by atoms with Crippen molar-refractivity contribution >= 4 is 22.4 Å². The molecular weight excluding hydrogens is 188 g/mol. The van der Waals surface area contributed by atoms with Crippen molar-refractivity contribution < 1.29 is 0 Å². The lowest BCUT2D eigenvalue weighted by molar-refractivity contribution is 0.634. The molecule has 0 spiro atoms. The summed E-state index contributed by atoms with van der Waals surface area (Å²) in [5, 5.41) is 11.2. The maximum absolute atomic E-state index is 5.74. The van der Waals surface area contributed by atoms with Crippen molar-refractivity contribution in [2.75, 3.05) is 11.1 Å². The number of hydrogen-bond acceptors (Lipinski definition) is 3. The van der Waals surface area contributed by atoms with E-state index in [9.17, 15) is 0 Å². The van der Waals surface area contributed by atoms with Gasteiger partial charge in [0.1, 0.15) is 0 Å². The van der Waals surface area contributed by atoms with Crippen LogP contribution < -0.4 is 11.1 Å². The van der Waals surface area contributed by atoms with Gasteiger partial charge in [-0.3, -0.25) is 5.10 Å². The van der Waals surface area contributed by atoms with Gasteiger partial charge in [0, 0.05) is 16.6 Å². The maximum atomic E-state index is 5.74. The number of nitrogens with two attached hydrogens (primary N) is 1. The van der Waals surface area contributed by atoms with Crippen molar-refractivity contribution in [1.82, 2.24) is 10.2 Å². The summed E-state index contributed by atoms with van der Waals surface area (Å²) in [6.07, 6.45) is 0. The Morgan fingerprint density at radius 3 is 2.73 bits per heavy atom. The number of nitrogen functional groups attached to an aromatic ring is 1. The first-order chi connectivity index (χ1) is 6.96. The number of fused-ring (bicyclic) bond motifs is 1. The predicted molar refractivity (Wildman–Crippen MR) is 63.9 cm³/mol. The van der Waals surface area contributed by atoms with Crippen LogP contribution in [0.3, 0.4) is 0 Å². The van der Waals surface area contributed by atoms with Gasteiger partial charge in [-0.2, -0.15) is 5.10 Å². The summed E-state index contributed by atoms with van der Waals surface area (Å²) >= 11 is 0. The molecule has 2 rings (SSSR count). The molecule has 4 heteroatoms. The molecule has 0 amide bonds. The first-order valence-electron chi connectivity index (χ1n) is 4.97. The van der Waals surface area contributed by atoms with E-state index in [2.05, 4.69) is 36.3 Å². The van der Waals surface area contributed by atoms with E-state index in [4.69, 9.17) is 5.73 Å². The highest BCUT2D eigenvalue weighted by molar-refractivity contribution is 5.91. The smallest absolute Gasteiger partial charge is 0.153 e. The zero-order valence-corrected chi connectivity index (χ0v) is 9.26. The zero-order valence-electron chi connectivity index (χ0n) is 9.26. The minimum Gasteiger partial charge on any atom is -0.382 e. The van der Waals surface area contributed by atoms with E-state index in [-0.39, 0.29) is 5.54 Å². The van der Waals surface area contributed by atoms with Gasteiger partial charge in [-0.15, -0.1) is 0 Å². The van der Waals surface area contributed by atoms with E-state index in [0.29, 0.717) is 5.82 Å². The molecule has 0 unspecified atom stereocenters. The summed E-state index contributed by atoms with van der Waals surface area (Å²) < 4.78 is 0. The van der Waals surface area contributed by atoms with Gasteiger partial charge < -0.3 is 11.1 Å². The van der Waals surface area contributed by atoms with Gasteiger partial charge in [0.15, 0.2) is 5.82 Å². The molecule has 80 valence electrons. The van der Waals surface area contributed by atoms with E-state index in [1.807, 2.05) is 18.2 Å². The fraction of sp³-hybridized carbons (Fsp3) is 0.364. The number of nitrogens with zero attached hydrogens (tertiary/aromatic N) is 1. The third kappa shape index (κ3) is 2.03. The highest BCUT2D eigenvalue weighted by Gasteiger charge is 2.10. The molecule has 0 saturated heterocycles. The average molecular weight is 204 g/mol. The number of benzene rings is 1. The molecule has 0 bridgehead atoms. The van der Waals surface area contributed by atoms with Crippen LogP contribution in [0.5, 0.6) is 0 Å². The first kappa shape index (κ1) is 9.83. The SMILES string of the molecule is CC(C)(C)Nc1ccc2[nH]nc(N)c2c1. The molecule has 1 aromatic heterocycles. The molecule has 15 heavy (non-hydrogen) atoms. The van der Waals surface area contributed by atoms with Crippen molar-refractivity contribution in [2.45, 2.75) is 26.3 Å². The van der Waals surface area contributed by atoms with Crippen LogP contribution in [-0.4, -0.2) is 15.7 Å². The van der Waals surface area contributed by atoms with E-state index < -0.39 is 0 Å². The van der Waals surface area contributed by atoms with Crippen LogP contribution in [0, 0.1) is 0 Å². The Morgan fingerprint density at radius 1 is 1.33 bits per heavy atom. The number of aromatic amines is 1. The molecule has 0 fully saturated rings. The molecule has 0 aliphatic carbocycles. The minimum atomic E-state index is 0.0478. The lowest BCUT2D eigenvalue weighted by atomic mass is 10.1. The standard InChI is InChI=1S/C11H16N4/c1-11(2,3)13-7-4-5-9-8(6-7)10(12)15-14-9/h4-6,13H,1-3H3,(H3,12,14,15). The van der Waals surface area contributed by atoms with E-state index in [0.717, 1.165) is 16.6 Å². The van der Waals surface area contributed by atoms with Crippen LogP contribution >= 0.6 is 0 Å². The largest absolute Gasteiger partial charge is 0.382 e. The molecule has 2 aromatic rings. The summed E-state index contributed by atoms with van der Waals surface area (Å²) in [6.45, 7) is 6.36. The second kappa shape index (κ2) is 3.15. The molecule has 1 aromatic carbocycles. The Labute approximate surface area is 88.9 Å². The zero-order chi connectivity index (χ0) is 11.1. The average Bonchev–Trinajstić information content (AvgIpc) is 2.45. The van der Waals surface area contributed by atoms with Gasteiger partial charge in [0.05, 0.1) is 5.52 Å². The monoisotopic (exact) mass is 204 g/mol. The highest BCUT2D eigenvalue weighted by Crippen LogP contribution is 2.23. The third-order valence-corrected chi connectivity index (χ3v) is 2.11. The van der Waals surface area contributed by atoms with Gasteiger partial charge in [0.25, 0.3) is 0 Å². The van der Waals surface area contributed by atoms with Crippen LogP contribution in [0.1, 0.15) is 20.8 Å². The lowest BCUT2D eigenvalue weighted by Crippen LogP contribution is -2.25. The number of aromatic nitrogens is 2. The Bertz CT molecular complexity index is 479. The molecule has 0 radical (unpaired) electrons. The molecule has 0 aliphatic rings. The Balaban J connectivity index is 2.42. The van der Waals surface area contributed by atoms with E-state index in [1.54, 1.807) is 0 Å². The van der Waals surface area contributed by atoms with Crippen LogP contribution in [0.15, 0.2) is 18.2 Å². The maximum Gasteiger partial charge on any atom is 0.153 e. The Morgan fingerprint density at radius 2 is 2.07 bits per heavy atom. The fourth-order valence-corrected chi connectivity index (χ4v) is 1.55. The summed E-state index contributed by atoms with van der Waals surface area (Å²) in [7, 11) is 0. The quantitative estimate of drug-likeness (QED) is 0.668. The third-order valence-electron chi connectivity index (χ3n) is 2.11. The Kier molecular flexibility index (Phi) is 2.07. The summed E-state index contributed by atoms with van der Waals surface area (Å²) in [6, 6.07) is 6.01. The fourth-order valence-electron chi connectivity index (χ4n) is 1.55. The van der Waals surface area contributed by atoms with Crippen molar-refractivity contribution in [3.63, 3.8) is 0 Å². The molecule has 4 nitrogen and oxygen atoms in total. The van der Waals surface area contributed by atoms with Crippen LogP contribution in [0.4, 0.5) is 11.5 Å². The number of H-pyrrole nitrogens is 1. The van der Waals surface area contributed by atoms with Crippen molar-refractivity contribution in [3.05, 3.63) is 18.2 Å². The number of anilines is 2. The number of hydrogen-bond donors (Lipinski definition) is 3. The number of rotatable bonds is 1. The summed E-state index contributed by atoms with van der Waals surface area (Å²) in [5.74, 6) is 0.544. The lowest BCUT2D eigenvalue weighted by Gasteiger charge is -2.22. The van der Waals surface area contributed by atoms with Crippen molar-refractivity contribution in [2.24, 2.45) is 0 Å². The van der Waals surface area contributed by atoms with Gasteiger partial charge >= 0.3 is 0 Å². The van der Waals surface area contributed by atoms with E-state index in [1.165, 1.54) is 0 Å². The van der Waals surface area contributed by atoms with Gasteiger partial charge in [0.2, 0.25) is 0 Å². The second-order valence-corrected chi connectivity index (χ2v) is 4.74. The predicted octanol–water partition coefficient (Wildman–Crippen LogP) is 2.36. The van der Waals surface area contributed by atoms with Crippen molar-refractivity contribution in [3.8, 4) is 0 Å². The number of nitrogens with one attached hydrogen (secondary N) is 2. The first-order valence-corrected chi connectivity index (χ1v) is 4.97.